The van der Waals surface area contributed by atoms with E-state index in [4.69, 9.17) is 0 Å². The molecule has 20 heavy (non-hydrogen) atoms. The number of sulfone groups is 1. The SMILES string of the molecule is C[C@H]1CCCC[C@@H]1N(C)C(=O)CS(=O)(=O)c1cccs1. The maximum atomic E-state index is 12.3. The molecule has 1 aromatic heterocycles. The van der Waals surface area contributed by atoms with Crippen molar-refractivity contribution in [3.8, 4) is 0 Å². The van der Waals surface area contributed by atoms with E-state index in [0.29, 0.717) is 5.92 Å². The third-order valence-electron chi connectivity index (χ3n) is 4.07. The molecule has 1 saturated carbocycles. The van der Waals surface area contributed by atoms with Crippen LogP contribution in [0, 0.1) is 5.92 Å². The second kappa shape index (κ2) is 6.26. The highest BCUT2D eigenvalue weighted by Crippen LogP contribution is 2.28. The lowest BCUT2D eigenvalue weighted by molar-refractivity contribution is -0.130. The highest BCUT2D eigenvalue weighted by molar-refractivity contribution is 7.94. The molecular weight excluding hydrogens is 294 g/mol. The zero-order valence-electron chi connectivity index (χ0n) is 11.9. The lowest BCUT2D eigenvalue weighted by Crippen LogP contribution is -2.44. The van der Waals surface area contributed by atoms with Crippen molar-refractivity contribution in [3.05, 3.63) is 17.5 Å². The molecule has 6 heteroatoms. The molecule has 0 unspecified atom stereocenters. The van der Waals surface area contributed by atoms with Gasteiger partial charge in [-0.1, -0.05) is 25.8 Å². The maximum Gasteiger partial charge on any atom is 0.238 e. The molecule has 1 aromatic rings. The quantitative estimate of drug-likeness (QED) is 0.858. The highest BCUT2D eigenvalue weighted by Gasteiger charge is 2.30. The van der Waals surface area contributed by atoms with E-state index in [-0.39, 0.29) is 16.2 Å². The minimum atomic E-state index is -3.49. The average molecular weight is 315 g/mol. The summed E-state index contributed by atoms with van der Waals surface area (Å²) in [6, 6.07) is 3.42. The minimum Gasteiger partial charge on any atom is -0.342 e. The summed E-state index contributed by atoms with van der Waals surface area (Å²) in [6.07, 6.45) is 4.40. The van der Waals surface area contributed by atoms with Gasteiger partial charge in [0.1, 0.15) is 9.96 Å². The standard InChI is InChI=1S/C14H21NO3S2/c1-11-6-3-4-7-12(11)15(2)13(16)10-20(17,18)14-8-5-9-19-14/h5,8-9,11-12H,3-4,6-7,10H2,1-2H3/t11-,12-/m0/s1. The van der Waals surface area contributed by atoms with Gasteiger partial charge in [0, 0.05) is 13.1 Å². The summed E-state index contributed by atoms with van der Waals surface area (Å²) in [4.78, 5) is 13.9. The molecule has 1 heterocycles. The van der Waals surface area contributed by atoms with Crippen LogP contribution in [0.1, 0.15) is 32.6 Å². The van der Waals surface area contributed by atoms with Crippen molar-refractivity contribution >= 4 is 27.1 Å². The molecule has 1 amide bonds. The van der Waals surface area contributed by atoms with Gasteiger partial charge < -0.3 is 4.90 Å². The molecule has 0 saturated heterocycles. The predicted molar refractivity (Wildman–Crippen MR) is 80.6 cm³/mol. The number of carbonyl (C=O) groups excluding carboxylic acids is 1. The highest BCUT2D eigenvalue weighted by atomic mass is 32.2. The Morgan fingerprint density at radius 2 is 2.10 bits per heavy atom. The maximum absolute atomic E-state index is 12.3. The van der Waals surface area contributed by atoms with Crippen LogP contribution in [0.2, 0.25) is 0 Å². The Morgan fingerprint density at radius 3 is 2.70 bits per heavy atom. The van der Waals surface area contributed by atoms with Crippen LogP contribution in [0.5, 0.6) is 0 Å². The summed E-state index contributed by atoms with van der Waals surface area (Å²) in [5.41, 5.74) is 0. The van der Waals surface area contributed by atoms with Crippen molar-refractivity contribution in [1.29, 1.82) is 0 Å². The van der Waals surface area contributed by atoms with Crippen molar-refractivity contribution < 1.29 is 13.2 Å². The number of carbonyl (C=O) groups is 1. The minimum absolute atomic E-state index is 0.176. The zero-order chi connectivity index (χ0) is 14.8. The fourth-order valence-corrected chi connectivity index (χ4v) is 5.17. The molecule has 0 aliphatic heterocycles. The molecule has 0 spiro atoms. The predicted octanol–water partition coefficient (Wildman–Crippen LogP) is 2.56. The fourth-order valence-electron chi connectivity index (χ4n) is 2.83. The van der Waals surface area contributed by atoms with Crippen molar-refractivity contribution in [3.63, 3.8) is 0 Å². The van der Waals surface area contributed by atoms with Gasteiger partial charge in [0.05, 0.1) is 0 Å². The second-order valence-electron chi connectivity index (χ2n) is 5.52. The van der Waals surface area contributed by atoms with Gasteiger partial charge in [0.15, 0.2) is 9.84 Å². The Kier molecular flexibility index (Phi) is 4.86. The number of hydrogen-bond donors (Lipinski definition) is 0. The van der Waals surface area contributed by atoms with Crippen LogP contribution >= 0.6 is 11.3 Å². The van der Waals surface area contributed by atoms with Crippen LogP contribution in [-0.2, 0) is 14.6 Å². The Morgan fingerprint density at radius 1 is 1.40 bits per heavy atom. The fraction of sp³-hybridized carbons (Fsp3) is 0.643. The average Bonchev–Trinajstić information content (AvgIpc) is 2.92. The van der Waals surface area contributed by atoms with Gasteiger partial charge >= 0.3 is 0 Å². The Bertz CT molecular complexity index is 551. The first-order chi connectivity index (χ1) is 9.42. The van der Waals surface area contributed by atoms with E-state index in [1.807, 2.05) is 0 Å². The molecule has 0 bridgehead atoms. The van der Waals surface area contributed by atoms with Crippen molar-refractivity contribution in [1.82, 2.24) is 4.90 Å². The third kappa shape index (κ3) is 3.41. The summed E-state index contributed by atoms with van der Waals surface area (Å²) in [6.45, 7) is 2.14. The number of rotatable bonds is 4. The summed E-state index contributed by atoms with van der Waals surface area (Å²) < 4.78 is 24.5. The molecule has 2 atom stereocenters. The van der Waals surface area contributed by atoms with Crippen LogP contribution in [0.15, 0.2) is 21.7 Å². The molecule has 1 aliphatic carbocycles. The van der Waals surface area contributed by atoms with Gasteiger partial charge in [-0.3, -0.25) is 4.79 Å². The van der Waals surface area contributed by atoms with Crippen LogP contribution in [0.3, 0.4) is 0 Å². The van der Waals surface area contributed by atoms with E-state index in [1.54, 1.807) is 29.5 Å². The van der Waals surface area contributed by atoms with E-state index in [9.17, 15) is 13.2 Å². The van der Waals surface area contributed by atoms with Crippen molar-refractivity contribution in [2.24, 2.45) is 5.92 Å². The van der Waals surface area contributed by atoms with E-state index in [1.165, 1.54) is 6.42 Å². The van der Waals surface area contributed by atoms with Crippen LogP contribution < -0.4 is 0 Å². The first-order valence-electron chi connectivity index (χ1n) is 6.94. The van der Waals surface area contributed by atoms with Gasteiger partial charge in [-0.25, -0.2) is 8.42 Å². The number of hydrogen-bond acceptors (Lipinski definition) is 4. The molecule has 0 aromatic carbocycles. The molecule has 1 aliphatic rings. The number of thiophene rings is 1. The summed E-state index contributed by atoms with van der Waals surface area (Å²) in [5, 5.41) is 1.71. The van der Waals surface area contributed by atoms with Gasteiger partial charge in [-0.05, 0) is 30.2 Å². The zero-order valence-corrected chi connectivity index (χ0v) is 13.5. The van der Waals surface area contributed by atoms with Gasteiger partial charge in [0.25, 0.3) is 0 Å². The van der Waals surface area contributed by atoms with E-state index in [0.717, 1.165) is 30.6 Å². The topological polar surface area (TPSA) is 54.5 Å². The lowest BCUT2D eigenvalue weighted by atomic mass is 9.85. The smallest absolute Gasteiger partial charge is 0.238 e. The van der Waals surface area contributed by atoms with E-state index < -0.39 is 15.6 Å². The number of amides is 1. The summed E-state index contributed by atoms with van der Waals surface area (Å²) in [7, 11) is -1.76. The molecule has 2 rings (SSSR count). The van der Waals surface area contributed by atoms with Gasteiger partial charge in [-0.15, -0.1) is 11.3 Å². The number of nitrogens with zero attached hydrogens (tertiary/aromatic N) is 1. The summed E-state index contributed by atoms with van der Waals surface area (Å²) in [5.74, 6) is -0.271. The van der Waals surface area contributed by atoms with Crippen molar-refractivity contribution in [2.75, 3.05) is 12.8 Å². The molecular formula is C14H21NO3S2. The summed E-state index contributed by atoms with van der Waals surface area (Å²) >= 11 is 1.16. The third-order valence-corrected chi connectivity index (χ3v) is 7.16. The molecule has 1 fully saturated rings. The van der Waals surface area contributed by atoms with Crippen LogP contribution in [0.25, 0.3) is 0 Å². The van der Waals surface area contributed by atoms with E-state index in [2.05, 4.69) is 6.92 Å². The van der Waals surface area contributed by atoms with Gasteiger partial charge in [0.2, 0.25) is 5.91 Å². The molecule has 112 valence electrons. The lowest BCUT2D eigenvalue weighted by Gasteiger charge is -2.36. The molecule has 4 nitrogen and oxygen atoms in total. The first-order valence-corrected chi connectivity index (χ1v) is 9.47. The monoisotopic (exact) mass is 315 g/mol. The largest absolute Gasteiger partial charge is 0.342 e. The molecule has 0 radical (unpaired) electrons. The molecule has 0 N–H and O–H groups in total. The van der Waals surface area contributed by atoms with Crippen molar-refractivity contribution in [2.45, 2.75) is 42.9 Å². The van der Waals surface area contributed by atoms with Crippen LogP contribution in [0.4, 0.5) is 0 Å². The Labute approximate surface area is 124 Å². The van der Waals surface area contributed by atoms with E-state index >= 15 is 0 Å². The van der Waals surface area contributed by atoms with Crippen LogP contribution in [-0.4, -0.2) is 38.1 Å². The van der Waals surface area contributed by atoms with Gasteiger partial charge in [-0.2, -0.15) is 0 Å². The Hall–Kier alpha value is -0.880. The first kappa shape index (κ1) is 15.5. The Balaban J connectivity index is 2.04. The normalized spacial score (nSPS) is 23.5. The second-order valence-corrected chi connectivity index (χ2v) is 8.69.